The summed E-state index contributed by atoms with van der Waals surface area (Å²) in [4.78, 5) is 43.0. The smallest absolute Gasteiger partial charge is 0.408 e. The van der Waals surface area contributed by atoms with Gasteiger partial charge in [-0.25, -0.2) is 9.78 Å². The van der Waals surface area contributed by atoms with Gasteiger partial charge in [0.2, 0.25) is 0 Å². The number of likely N-dealkylation sites (N-methyl/N-ethyl adjacent to an activating group) is 1. The maximum atomic E-state index is 13.8. The SMILES string of the molecule is CCOc1cc(N2CCN(C(=O)N3CCC[C@H]3C(F)(F)F)C[C@H]2CC)c(C(=O)N[C@H]2CCN(C)C2)nc1-c1cccnc1. The van der Waals surface area contributed by atoms with Gasteiger partial charge in [0, 0.05) is 68.8 Å². The van der Waals surface area contributed by atoms with Crippen LogP contribution in [0.2, 0.25) is 0 Å². The maximum Gasteiger partial charge on any atom is 0.408 e. The molecule has 3 aliphatic heterocycles. The molecule has 2 aromatic heterocycles. The van der Waals surface area contributed by atoms with E-state index >= 15 is 0 Å². The van der Waals surface area contributed by atoms with E-state index in [0.717, 1.165) is 24.4 Å². The predicted octanol–water partition coefficient (Wildman–Crippen LogP) is 4.02. The predicted molar refractivity (Wildman–Crippen MR) is 156 cm³/mol. The van der Waals surface area contributed by atoms with Crippen molar-refractivity contribution in [1.82, 2.24) is 30.0 Å². The Bertz CT molecular complexity index is 1300. The van der Waals surface area contributed by atoms with Gasteiger partial charge in [-0.2, -0.15) is 13.2 Å². The van der Waals surface area contributed by atoms with Gasteiger partial charge >= 0.3 is 12.2 Å². The summed E-state index contributed by atoms with van der Waals surface area (Å²) in [5, 5.41) is 3.15. The number of carbonyl (C=O) groups is 2. The first-order chi connectivity index (χ1) is 20.6. The number of pyridine rings is 2. The maximum absolute atomic E-state index is 13.8. The number of likely N-dealkylation sites (tertiary alicyclic amines) is 2. The fourth-order valence-electron chi connectivity index (χ4n) is 6.37. The minimum Gasteiger partial charge on any atom is -0.492 e. The van der Waals surface area contributed by atoms with Gasteiger partial charge in [-0.3, -0.25) is 9.78 Å². The lowest BCUT2D eigenvalue weighted by Crippen LogP contribution is -2.59. The summed E-state index contributed by atoms with van der Waals surface area (Å²) in [7, 11) is 2.01. The van der Waals surface area contributed by atoms with Gasteiger partial charge in [-0.1, -0.05) is 6.92 Å². The molecular weight excluding hydrogens is 563 g/mol. The molecule has 0 aliphatic carbocycles. The van der Waals surface area contributed by atoms with Crippen LogP contribution in [0.25, 0.3) is 11.3 Å². The van der Waals surface area contributed by atoms with Crippen molar-refractivity contribution in [3.8, 4) is 17.0 Å². The lowest BCUT2D eigenvalue weighted by Gasteiger charge is -2.44. The van der Waals surface area contributed by atoms with Crippen molar-refractivity contribution in [3.63, 3.8) is 0 Å². The summed E-state index contributed by atoms with van der Waals surface area (Å²) in [5.74, 6) is 0.197. The molecule has 0 aromatic carbocycles. The lowest BCUT2D eigenvalue weighted by atomic mass is 10.0. The number of hydrogen-bond acceptors (Lipinski definition) is 7. The van der Waals surface area contributed by atoms with Crippen LogP contribution in [0.1, 0.15) is 50.0 Å². The Morgan fingerprint density at radius 1 is 1.12 bits per heavy atom. The average Bonchev–Trinajstić information content (AvgIpc) is 3.66. The molecule has 3 fully saturated rings. The van der Waals surface area contributed by atoms with Crippen molar-refractivity contribution in [3.05, 3.63) is 36.3 Å². The van der Waals surface area contributed by atoms with E-state index in [0.29, 0.717) is 48.7 Å². The highest BCUT2D eigenvalue weighted by Gasteiger charge is 2.49. The van der Waals surface area contributed by atoms with Crippen LogP contribution in [0, 0.1) is 0 Å². The number of nitrogens with one attached hydrogen (secondary N) is 1. The second-order valence-corrected chi connectivity index (χ2v) is 11.5. The zero-order chi connectivity index (χ0) is 30.7. The van der Waals surface area contributed by atoms with Crippen LogP contribution in [0.4, 0.5) is 23.7 Å². The topological polar surface area (TPSA) is 94.1 Å². The molecule has 5 rings (SSSR count). The number of nitrogens with zero attached hydrogens (tertiary/aromatic N) is 6. The van der Waals surface area contributed by atoms with Gasteiger partial charge in [0.05, 0.1) is 12.3 Å². The number of amides is 3. The van der Waals surface area contributed by atoms with Crippen molar-refractivity contribution in [2.24, 2.45) is 0 Å². The zero-order valence-corrected chi connectivity index (χ0v) is 24.9. The van der Waals surface area contributed by atoms with Crippen molar-refractivity contribution < 1.29 is 27.5 Å². The standard InChI is InChI=1S/C30H40F3N7O3/c1-4-22-19-38(29(42)40-12-7-9-25(40)30(31,32)33)14-15-39(22)23-16-24(43-5-2)26(20-8-6-11-34-17-20)36-27(23)28(41)35-21-10-13-37(3)18-21/h6,8,11,16-17,21-22,25H,4-5,7,9-10,12-15,18-19H2,1-3H3,(H,35,41)/t21-,22+,25-/m0/s1. The Labute approximate surface area is 250 Å². The molecular formula is C30H40F3N7O3. The first-order valence-corrected chi connectivity index (χ1v) is 15.1. The van der Waals surface area contributed by atoms with Crippen LogP contribution in [-0.4, -0.2) is 114 Å². The van der Waals surface area contributed by atoms with Gasteiger partial charge < -0.3 is 29.7 Å². The first-order valence-electron chi connectivity index (χ1n) is 15.1. The quantitative estimate of drug-likeness (QED) is 0.511. The number of aromatic nitrogens is 2. The molecule has 0 bridgehead atoms. The third-order valence-electron chi connectivity index (χ3n) is 8.55. The number of rotatable bonds is 7. The number of carbonyl (C=O) groups excluding carboxylic acids is 2. The molecule has 1 N–H and O–H groups in total. The second-order valence-electron chi connectivity index (χ2n) is 11.5. The molecule has 0 unspecified atom stereocenters. The van der Waals surface area contributed by atoms with E-state index in [4.69, 9.17) is 9.72 Å². The van der Waals surface area contributed by atoms with E-state index < -0.39 is 18.2 Å². The van der Waals surface area contributed by atoms with E-state index in [1.165, 1.54) is 4.90 Å². The Balaban J connectivity index is 1.47. The molecule has 2 aromatic rings. The van der Waals surface area contributed by atoms with E-state index in [-0.39, 0.29) is 49.7 Å². The van der Waals surface area contributed by atoms with Crippen molar-refractivity contribution >= 4 is 17.6 Å². The summed E-state index contributed by atoms with van der Waals surface area (Å²) in [6.45, 7) is 6.73. The third kappa shape index (κ3) is 6.66. The highest BCUT2D eigenvalue weighted by molar-refractivity contribution is 5.99. The molecule has 3 aliphatic rings. The summed E-state index contributed by atoms with van der Waals surface area (Å²) < 4.78 is 46.9. The highest BCUT2D eigenvalue weighted by atomic mass is 19.4. The number of alkyl halides is 3. The van der Waals surface area contributed by atoms with Gasteiger partial charge in [0.25, 0.3) is 5.91 Å². The highest BCUT2D eigenvalue weighted by Crippen LogP contribution is 2.37. The average molecular weight is 604 g/mol. The van der Waals surface area contributed by atoms with Crippen molar-refractivity contribution in [2.75, 3.05) is 57.8 Å². The number of hydrogen-bond donors (Lipinski definition) is 1. The molecule has 3 atom stereocenters. The largest absolute Gasteiger partial charge is 0.492 e. The molecule has 234 valence electrons. The van der Waals surface area contributed by atoms with E-state index in [1.54, 1.807) is 18.5 Å². The van der Waals surface area contributed by atoms with Gasteiger partial charge in [0.15, 0.2) is 5.69 Å². The summed E-state index contributed by atoms with van der Waals surface area (Å²) >= 11 is 0. The summed E-state index contributed by atoms with van der Waals surface area (Å²) in [5.41, 5.74) is 2.03. The van der Waals surface area contributed by atoms with E-state index in [9.17, 15) is 22.8 Å². The molecule has 13 heteroatoms. The third-order valence-corrected chi connectivity index (χ3v) is 8.55. The number of ether oxygens (including phenoxy) is 1. The van der Waals surface area contributed by atoms with Crippen LogP contribution < -0.4 is 15.0 Å². The molecule has 3 saturated heterocycles. The van der Waals surface area contributed by atoms with E-state index in [1.807, 2.05) is 37.9 Å². The lowest BCUT2D eigenvalue weighted by molar-refractivity contribution is -0.170. The second kappa shape index (κ2) is 12.9. The van der Waals surface area contributed by atoms with Crippen LogP contribution in [0.5, 0.6) is 5.75 Å². The minimum absolute atomic E-state index is 0.0148. The van der Waals surface area contributed by atoms with Crippen LogP contribution in [0.15, 0.2) is 30.6 Å². The molecule has 0 saturated carbocycles. The monoisotopic (exact) mass is 603 g/mol. The summed E-state index contributed by atoms with van der Waals surface area (Å²) in [6.07, 6.45) is 0.575. The Kier molecular flexibility index (Phi) is 9.28. The molecule has 0 spiro atoms. The van der Waals surface area contributed by atoms with Crippen LogP contribution >= 0.6 is 0 Å². The van der Waals surface area contributed by atoms with Crippen LogP contribution in [0.3, 0.4) is 0 Å². The number of anilines is 1. The van der Waals surface area contributed by atoms with E-state index in [2.05, 4.69) is 15.2 Å². The molecule has 0 radical (unpaired) electrons. The van der Waals surface area contributed by atoms with Gasteiger partial charge in [0.1, 0.15) is 17.5 Å². The number of piperazine rings is 1. The van der Waals surface area contributed by atoms with Crippen molar-refractivity contribution in [1.29, 1.82) is 0 Å². The Morgan fingerprint density at radius 3 is 2.58 bits per heavy atom. The molecule has 3 amide bonds. The number of halogens is 3. The normalized spacial score (nSPS) is 23.1. The Morgan fingerprint density at radius 2 is 1.93 bits per heavy atom. The zero-order valence-electron chi connectivity index (χ0n) is 24.9. The molecule has 43 heavy (non-hydrogen) atoms. The Hall–Kier alpha value is -3.61. The number of urea groups is 1. The van der Waals surface area contributed by atoms with Gasteiger partial charge in [-0.05, 0) is 58.3 Å². The van der Waals surface area contributed by atoms with Gasteiger partial charge in [-0.15, -0.1) is 0 Å². The fraction of sp³-hybridized carbons (Fsp3) is 0.600. The molecule has 5 heterocycles. The fourth-order valence-corrected chi connectivity index (χ4v) is 6.37. The van der Waals surface area contributed by atoms with Crippen molar-refractivity contribution in [2.45, 2.75) is 63.8 Å². The summed E-state index contributed by atoms with van der Waals surface area (Å²) in [6, 6.07) is 2.89. The first kappa shape index (κ1) is 30.8. The molecule has 10 nitrogen and oxygen atoms in total. The van der Waals surface area contributed by atoms with Crippen LogP contribution in [-0.2, 0) is 0 Å². The minimum atomic E-state index is -4.45.